The molecule has 0 unspecified atom stereocenters. The zero-order valence-electron chi connectivity index (χ0n) is 15.3. The Balaban J connectivity index is 2.03. The summed E-state index contributed by atoms with van der Waals surface area (Å²) in [5.74, 6) is -0.879. The van der Waals surface area contributed by atoms with Crippen LogP contribution in [0.1, 0.15) is 41.4 Å². The molecule has 0 spiro atoms. The fourth-order valence-electron chi connectivity index (χ4n) is 2.86. The van der Waals surface area contributed by atoms with Crippen LogP contribution in [0, 0.1) is 0 Å². The third-order valence-corrected chi connectivity index (χ3v) is 4.25. The second-order valence-electron chi connectivity index (χ2n) is 6.14. The largest absolute Gasteiger partial charge is 0.506 e. The summed E-state index contributed by atoms with van der Waals surface area (Å²) in [6.45, 7) is 1.74. The summed E-state index contributed by atoms with van der Waals surface area (Å²) in [4.78, 5) is 40.5. The molecule has 1 N–H and O–H groups in total. The number of ketones is 1. The van der Waals surface area contributed by atoms with Crippen molar-refractivity contribution in [2.45, 2.75) is 26.2 Å². The number of rotatable bonds is 5. The minimum atomic E-state index is -0.786. The van der Waals surface area contributed by atoms with E-state index in [-0.39, 0.29) is 29.4 Å². The topological polar surface area (TPSA) is 106 Å². The number of aliphatic imine (C=N–C) groups is 1. The molecular formula is C21H19NO6. The number of fused-ring (bicyclic) bond motifs is 1. The van der Waals surface area contributed by atoms with E-state index in [0.29, 0.717) is 36.1 Å². The van der Waals surface area contributed by atoms with Crippen molar-refractivity contribution in [1.29, 1.82) is 0 Å². The summed E-state index contributed by atoms with van der Waals surface area (Å²) in [5, 5.41) is 10.5. The lowest BCUT2D eigenvalue weighted by Crippen LogP contribution is -2.15. The van der Waals surface area contributed by atoms with Gasteiger partial charge < -0.3 is 14.3 Å². The van der Waals surface area contributed by atoms with Gasteiger partial charge in [0.1, 0.15) is 22.8 Å². The molecule has 0 amide bonds. The van der Waals surface area contributed by atoms with Crippen LogP contribution < -0.4 is 5.63 Å². The molecule has 0 saturated heterocycles. The highest BCUT2D eigenvalue weighted by Gasteiger charge is 2.22. The van der Waals surface area contributed by atoms with Gasteiger partial charge in [-0.2, -0.15) is 0 Å². The van der Waals surface area contributed by atoms with Gasteiger partial charge in [-0.25, -0.2) is 14.6 Å². The standard InChI is InChI=1S/C21H19NO6/c1-2-27-20(25)15(19(24)13-7-4-3-5-8-13)12-22-16-11-14-17(23)9-6-10-18(14)28-21(16)26/h3-5,7-8,11-12,24H,2,6,9-10H2,1H3/b19-15+,22-12?. The number of aryl methyl sites for hydroxylation is 1. The second kappa shape index (κ2) is 8.47. The van der Waals surface area contributed by atoms with Crippen molar-refractivity contribution in [3.63, 3.8) is 0 Å². The summed E-state index contributed by atoms with van der Waals surface area (Å²) in [5.41, 5.74) is -0.336. The highest BCUT2D eigenvalue weighted by atomic mass is 16.5. The van der Waals surface area contributed by atoms with Crippen LogP contribution in [0.2, 0.25) is 0 Å². The smallest absolute Gasteiger partial charge is 0.362 e. The number of benzene rings is 1. The first-order valence-electron chi connectivity index (χ1n) is 8.91. The Bertz CT molecular complexity index is 1020. The van der Waals surface area contributed by atoms with Crippen LogP contribution >= 0.6 is 0 Å². The number of carbonyl (C=O) groups is 2. The summed E-state index contributed by atoms with van der Waals surface area (Å²) in [6, 6.07) is 9.78. The maximum atomic E-state index is 12.3. The van der Waals surface area contributed by atoms with Gasteiger partial charge in [-0.3, -0.25) is 4.79 Å². The summed E-state index contributed by atoms with van der Waals surface area (Å²) in [6.07, 6.45) is 2.58. The van der Waals surface area contributed by atoms with Gasteiger partial charge in [-0.05, 0) is 19.4 Å². The average Bonchev–Trinajstić information content (AvgIpc) is 2.69. The molecule has 2 aromatic rings. The highest BCUT2D eigenvalue weighted by Crippen LogP contribution is 2.23. The van der Waals surface area contributed by atoms with Crippen molar-refractivity contribution >= 4 is 29.4 Å². The molecule has 1 aliphatic rings. The Morgan fingerprint density at radius 3 is 2.71 bits per heavy atom. The summed E-state index contributed by atoms with van der Waals surface area (Å²) in [7, 11) is 0. The van der Waals surface area contributed by atoms with Crippen LogP contribution in [0.25, 0.3) is 5.76 Å². The molecule has 144 valence electrons. The van der Waals surface area contributed by atoms with E-state index < -0.39 is 11.6 Å². The lowest BCUT2D eigenvalue weighted by atomic mass is 9.96. The Morgan fingerprint density at radius 2 is 2.00 bits per heavy atom. The average molecular weight is 381 g/mol. The number of hydrogen-bond acceptors (Lipinski definition) is 7. The van der Waals surface area contributed by atoms with E-state index in [1.54, 1.807) is 37.3 Å². The maximum Gasteiger partial charge on any atom is 0.362 e. The first kappa shape index (κ1) is 19.3. The van der Waals surface area contributed by atoms with Crippen molar-refractivity contribution in [3.05, 3.63) is 69.3 Å². The number of nitrogens with zero attached hydrogens (tertiary/aromatic N) is 1. The van der Waals surface area contributed by atoms with Gasteiger partial charge in [0.15, 0.2) is 5.78 Å². The zero-order valence-corrected chi connectivity index (χ0v) is 15.3. The van der Waals surface area contributed by atoms with Crippen LogP contribution in [0.4, 0.5) is 5.69 Å². The second-order valence-corrected chi connectivity index (χ2v) is 6.14. The highest BCUT2D eigenvalue weighted by molar-refractivity contribution is 6.15. The number of carbonyl (C=O) groups excluding carboxylic acids is 2. The maximum absolute atomic E-state index is 12.3. The van der Waals surface area contributed by atoms with Crippen molar-refractivity contribution in [2.75, 3.05) is 6.61 Å². The monoisotopic (exact) mass is 381 g/mol. The molecule has 1 aliphatic carbocycles. The number of aliphatic hydroxyl groups is 1. The van der Waals surface area contributed by atoms with Gasteiger partial charge in [-0.1, -0.05) is 30.3 Å². The molecule has 3 rings (SSSR count). The Hall–Kier alpha value is -3.48. The van der Waals surface area contributed by atoms with Gasteiger partial charge in [0.25, 0.3) is 0 Å². The molecule has 0 atom stereocenters. The molecule has 7 nitrogen and oxygen atoms in total. The number of hydrogen-bond donors (Lipinski definition) is 1. The molecule has 0 fully saturated rings. The van der Waals surface area contributed by atoms with E-state index in [0.717, 1.165) is 6.21 Å². The SMILES string of the molecule is CCOC(=O)/C(C=Nc1cc2c(oc1=O)CCCC2=O)=C(/O)c1ccccc1. The fraction of sp³-hybridized carbons (Fsp3) is 0.238. The molecule has 1 aromatic carbocycles. The van der Waals surface area contributed by atoms with Crippen molar-refractivity contribution in [3.8, 4) is 0 Å². The Morgan fingerprint density at radius 1 is 1.25 bits per heavy atom. The zero-order chi connectivity index (χ0) is 20.1. The first-order chi connectivity index (χ1) is 13.5. The van der Waals surface area contributed by atoms with Gasteiger partial charge in [0, 0.05) is 24.6 Å². The van der Waals surface area contributed by atoms with Crippen LogP contribution in [0.15, 0.2) is 56.2 Å². The molecule has 0 radical (unpaired) electrons. The van der Waals surface area contributed by atoms with E-state index in [1.165, 1.54) is 6.07 Å². The van der Waals surface area contributed by atoms with Crippen LogP contribution in [-0.2, 0) is 16.0 Å². The van der Waals surface area contributed by atoms with Crippen molar-refractivity contribution in [1.82, 2.24) is 0 Å². The van der Waals surface area contributed by atoms with E-state index in [2.05, 4.69) is 4.99 Å². The van der Waals surface area contributed by atoms with E-state index in [1.807, 2.05) is 0 Å². The van der Waals surface area contributed by atoms with Gasteiger partial charge in [0.05, 0.1) is 12.2 Å². The summed E-state index contributed by atoms with van der Waals surface area (Å²) < 4.78 is 10.2. The summed E-state index contributed by atoms with van der Waals surface area (Å²) >= 11 is 0. The molecule has 0 bridgehead atoms. The molecule has 7 heteroatoms. The molecule has 0 aliphatic heterocycles. The van der Waals surface area contributed by atoms with Crippen molar-refractivity contribution < 1.29 is 23.8 Å². The van der Waals surface area contributed by atoms with Crippen LogP contribution in [0.5, 0.6) is 0 Å². The molecule has 1 aromatic heterocycles. The first-order valence-corrected chi connectivity index (χ1v) is 8.91. The third kappa shape index (κ3) is 4.09. The Labute approximate surface area is 161 Å². The minimum absolute atomic E-state index is 0.105. The van der Waals surface area contributed by atoms with E-state index >= 15 is 0 Å². The predicted molar refractivity (Wildman–Crippen MR) is 103 cm³/mol. The number of aliphatic hydroxyl groups excluding tert-OH is 1. The van der Waals surface area contributed by atoms with Crippen molar-refractivity contribution in [2.24, 2.45) is 4.99 Å². The van der Waals surface area contributed by atoms with E-state index in [9.17, 15) is 19.5 Å². The molecule has 0 saturated carbocycles. The quantitative estimate of drug-likeness (QED) is 0.368. The molecule has 28 heavy (non-hydrogen) atoms. The van der Waals surface area contributed by atoms with Crippen LogP contribution in [0.3, 0.4) is 0 Å². The Kier molecular flexibility index (Phi) is 5.84. The van der Waals surface area contributed by atoms with E-state index in [4.69, 9.17) is 9.15 Å². The normalized spacial score (nSPS) is 14.5. The minimum Gasteiger partial charge on any atom is -0.506 e. The number of ether oxygens (including phenoxy) is 1. The lowest BCUT2D eigenvalue weighted by molar-refractivity contribution is -0.137. The van der Waals surface area contributed by atoms with Crippen LogP contribution in [-0.4, -0.2) is 29.7 Å². The number of Topliss-reactive ketones (excluding diaryl/α,β-unsaturated/α-hetero) is 1. The number of esters is 1. The fourth-order valence-corrected chi connectivity index (χ4v) is 2.86. The third-order valence-electron chi connectivity index (χ3n) is 4.25. The predicted octanol–water partition coefficient (Wildman–Crippen LogP) is 3.39. The lowest BCUT2D eigenvalue weighted by Gasteiger charge is -2.12. The molecule has 1 heterocycles. The van der Waals surface area contributed by atoms with Gasteiger partial charge in [0.2, 0.25) is 0 Å². The molecular weight excluding hydrogens is 362 g/mol. The van der Waals surface area contributed by atoms with Gasteiger partial charge in [-0.15, -0.1) is 0 Å². The van der Waals surface area contributed by atoms with Gasteiger partial charge >= 0.3 is 11.6 Å².